The summed E-state index contributed by atoms with van der Waals surface area (Å²) in [7, 11) is 0. The third-order valence-electron chi connectivity index (χ3n) is 4.41. The van der Waals surface area contributed by atoms with Crippen molar-refractivity contribution in [3.05, 3.63) is 94.8 Å². The Morgan fingerprint density at radius 3 is 1.93 bits per heavy atom. The van der Waals surface area contributed by atoms with E-state index in [1.54, 1.807) is 41.2 Å². The number of hydrogen-bond acceptors (Lipinski definition) is 3. The number of nitrogens with zero attached hydrogens (tertiary/aromatic N) is 1. The van der Waals surface area contributed by atoms with Gasteiger partial charge >= 0.3 is 5.97 Å². The second kappa shape index (κ2) is 8.60. The summed E-state index contributed by atoms with van der Waals surface area (Å²) >= 11 is 0. The minimum atomic E-state index is -1.66. The lowest BCUT2D eigenvalue weighted by molar-refractivity contribution is -0.148. The van der Waals surface area contributed by atoms with E-state index in [4.69, 9.17) is 5.11 Å². The molecule has 0 radical (unpaired) electrons. The van der Waals surface area contributed by atoms with Gasteiger partial charge in [0.1, 0.15) is 11.6 Å². The summed E-state index contributed by atoms with van der Waals surface area (Å²) in [5.74, 6) is -4.20. The molecule has 29 heavy (non-hydrogen) atoms. The van der Waals surface area contributed by atoms with E-state index in [1.807, 2.05) is 0 Å². The summed E-state index contributed by atoms with van der Waals surface area (Å²) in [5.41, 5.74) is 2.37. The molecule has 0 aliphatic heterocycles. The number of carboxylic acids is 1. The van der Waals surface area contributed by atoms with E-state index in [2.05, 4.69) is 0 Å². The zero-order chi connectivity index (χ0) is 21.0. The average molecular weight is 397 g/mol. The molecule has 0 fully saturated rings. The fourth-order valence-electron chi connectivity index (χ4n) is 2.98. The second-order valence-corrected chi connectivity index (χ2v) is 6.63. The van der Waals surface area contributed by atoms with Crippen LogP contribution in [0.15, 0.2) is 60.9 Å². The number of carboxylic acid groups (broad SMARTS) is 1. The highest BCUT2D eigenvalue weighted by molar-refractivity contribution is 6.37. The first-order chi connectivity index (χ1) is 13.8. The first kappa shape index (κ1) is 20.1. The van der Waals surface area contributed by atoms with E-state index in [1.165, 1.54) is 24.3 Å². The van der Waals surface area contributed by atoms with Gasteiger partial charge in [0.2, 0.25) is 5.78 Å². The molecule has 0 spiro atoms. The van der Waals surface area contributed by atoms with Crippen LogP contribution in [0.2, 0.25) is 0 Å². The highest BCUT2D eigenvalue weighted by atomic mass is 19.1. The number of ketones is 2. The predicted molar refractivity (Wildman–Crippen MR) is 101 cm³/mol. The van der Waals surface area contributed by atoms with Crippen molar-refractivity contribution in [2.75, 3.05) is 0 Å². The number of halogens is 2. The molecule has 5 nitrogen and oxygen atoms in total. The third kappa shape index (κ3) is 5.22. The smallest absolute Gasteiger partial charge is 0.372 e. The van der Waals surface area contributed by atoms with E-state index < -0.39 is 24.0 Å². The summed E-state index contributed by atoms with van der Waals surface area (Å²) in [4.78, 5) is 34.8. The molecule has 2 aromatic carbocycles. The molecule has 1 heterocycles. The maximum absolute atomic E-state index is 13.1. The van der Waals surface area contributed by atoms with Crippen molar-refractivity contribution < 1.29 is 28.3 Å². The zero-order valence-electron chi connectivity index (χ0n) is 15.3. The summed E-state index contributed by atoms with van der Waals surface area (Å²) in [6, 6.07) is 11.7. The first-order valence-corrected chi connectivity index (χ1v) is 8.78. The molecule has 0 aliphatic rings. The van der Waals surface area contributed by atoms with E-state index in [9.17, 15) is 23.2 Å². The van der Waals surface area contributed by atoms with Crippen LogP contribution < -0.4 is 0 Å². The second-order valence-electron chi connectivity index (χ2n) is 6.63. The summed E-state index contributed by atoms with van der Waals surface area (Å²) in [5, 5.41) is 8.76. The van der Waals surface area contributed by atoms with Crippen LogP contribution >= 0.6 is 0 Å². The van der Waals surface area contributed by atoms with Gasteiger partial charge in [-0.25, -0.2) is 13.6 Å². The maximum Gasteiger partial charge on any atom is 0.372 e. The Labute approximate surface area is 165 Å². The van der Waals surface area contributed by atoms with Crippen LogP contribution in [-0.2, 0) is 22.6 Å². The van der Waals surface area contributed by atoms with Crippen molar-refractivity contribution >= 4 is 17.5 Å². The van der Waals surface area contributed by atoms with Crippen molar-refractivity contribution in [1.29, 1.82) is 0 Å². The van der Waals surface area contributed by atoms with Crippen LogP contribution in [0.1, 0.15) is 33.5 Å². The van der Waals surface area contributed by atoms with Crippen LogP contribution in [0, 0.1) is 11.6 Å². The van der Waals surface area contributed by atoms with E-state index in [0.717, 1.165) is 11.1 Å². The number of benzene rings is 2. The van der Waals surface area contributed by atoms with Crippen LogP contribution in [0.25, 0.3) is 0 Å². The summed E-state index contributed by atoms with van der Waals surface area (Å²) < 4.78 is 28.0. The molecule has 0 aliphatic carbocycles. The molecule has 0 bridgehead atoms. The molecule has 0 amide bonds. The van der Waals surface area contributed by atoms with Crippen molar-refractivity contribution in [3.8, 4) is 0 Å². The van der Waals surface area contributed by atoms with Crippen molar-refractivity contribution in [3.63, 3.8) is 0 Å². The Bertz CT molecular complexity index is 1050. The van der Waals surface area contributed by atoms with Gasteiger partial charge in [-0.3, -0.25) is 9.59 Å². The number of aromatic nitrogens is 1. The molecule has 148 valence electrons. The standard InChI is InChI=1S/C22H17F2NO4/c23-17-5-1-14(2-6-17)9-16-12-25(11-15-3-7-18(24)8-4-15)13-19(16)20(26)10-21(27)22(28)29/h1-8,12-13H,9-11H2,(H,28,29). The molecular weight excluding hydrogens is 380 g/mol. The van der Waals surface area contributed by atoms with Gasteiger partial charge in [0.25, 0.3) is 0 Å². The number of carbonyl (C=O) groups is 3. The Hall–Kier alpha value is -3.61. The SMILES string of the molecule is O=C(O)C(=O)CC(=O)c1cn(Cc2ccc(F)cc2)cc1Cc1ccc(F)cc1. The molecule has 1 aromatic heterocycles. The van der Waals surface area contributed by atoms with Gasteiger partial charge in [-0.15, -0.1) is 0 Å². The Morgan fingerprint density at radius 1 is 0.828 bits per heavy atom. The highest BCUT2D eigenvalue weighted by Crippen LogP contribution is 2.20. The van der Waals surface area contributed by atoms with Gasteiger partial charge in [0, 0.05) is 24.5 Å². The van der Waals surface area contributed by atoms with Crippen LogP contribution in [0.3, 0.4) is 0 Å². The summed E-state index contributed by atoms with van der Waals surface area (Å²) in [6.07, 6.45) is 2.82. The molecule has 3 aromatic rings. The Morgan fingerprint density at radius 2 is 1.38 bits per heavy atom. The van der Waals surface area contributed by atoms with E-state index in [-0.39, 0.29) is 17.2 Å². The topological polar surface area (TPSA) is 76.4 Å². The first-order valence-electron chi connectivity index (χ1n) is 8.78. The van der Waals surface area contributed by atoms with Crippen LogP contribution in [-0.4, -0.2) is 27.2 Å². The molecular formula is C22H17F2NO4. The van der Waals surface area contributed by atoms with Gasteiger partial charge in [0.15, 0.2) is 5.78 Å². The highest BCUT2D eigenvalue weighted by Gasteiger charge is 2.21. The molecule has 7 heteroatoms. The lowest BCUT2D eigenvalue weighted by atomic mass is 9.99. The van der Waals surface area contributed by atoms with E-state index in [0.29, 0.717) is 18.5 Å². The van der Waals surface area contributed by atoms with Crippen molar-refractivity contribution in [2.45, 2.75) is 19.4 Å². The number of Topliss-reactive ketones (excluding diaryl/α,β-unsaturated/α-hetero) is 2. The van der Waals surface area contributed by atoms with Gasteiger partial charge in [0.05, 0.1) is 6.42 Å². The third-order valence-corrected chi connectivity index (χ3v) is 4.41. The lowest BCUT2D eigenvalue weighted by Crippen LogP contribution is -2.17. The van der Waals surface area contributed by atoms with Crippen molar-refractivity contribution in [2.24, 2.45) is 0 Å². The van der Waals surface area contributed by atoms with Gasteiger partial charge < -0.3 is 9.67 Å². The molecule has 0 atom stereocenters. The number of carbonyl (C=O) groups excluding carboxylic acids is 2. The quantitative estimate of drug-likeness (QED) is 0.358. The number of aliphatic carboxylic acids is 1. The van der Waals surface area contributed by atoms with Gasteiger partial charge in [-0.2, -0.15) is 0 Å². The normalized spacial score (nSPS) is 10.7. The van der Waals surface area contributed by atoms with E-state index >= 15 is 0 Å². The molecule has 0 saturated carbocycles. The zero-order valence-corrected chi connectivity index (χ0v) is 15.3. The minimum Gasteiger partial charge on any atom is -0.475 e. The average Bonchev–Trinajstić information content (AvgIpc) is 3.07. The fraction of sp³-hybridized carbons (Fsp3) is 0.136. The lowest BCUT2D eigenvalue weighted by Gasteiger charge is -2.03. The van der Waals surface area contributed by atoms with Crippen LogP contribution in [0.4, 0.5) is 8.78 Å². The summed E-state index contributed by atoms with van der Waals surface area (Å²) in [6.45, 7) is 0.358. The van der Waals surface area contributed by atoms with Crippen molar-refractivity contribution in [1.82, 2.24) is 4.57 Å². The van der Waals surface area contributed by atoms with Gasteiger partial charge in [-0.05, 0) is 47.4 Å². The number of rotatable bonds is 8. The minimum absolute atomic E-state index is 0.228. The van der Waals surface area contributed by atoms with Crippen LogP contribution in [0.5, 0.6) is 0 Å². The molecule has 3 rings (SSSR count). The monoisotopic (exact) mass is 397 g/mol. The number of hydrogen-bond donors (Lipinski definition) is 1. The molecule has 0 unspecified atom stereocenters. The fourth-order valence-corrected chi connectivity index (χ4v) is 2.98. The Kier molecular flexibility index (Phi) is 5.97. The molecule has 0 saturated heterocycles. The molecule has 1 N–H and O–H groups in total. The Balaban J connectivity index is 1.90. The van der Waals surface area contributed by atoms with Gasteiger partial charge in [-0.1, -0.05) is 24.3 Å². The maximum atomic E-state index is 13.1. The predicted octanol–water partition coefficient (Wildman–Crippen LogP) is 3.63. The largest absolute Gasteiger partial charge is 0.475 e.